The van der Waals surface area contributed by atoms with Crippen LogP contribution in [0.3, 0.4) is 0 Å². The van der Waals surface area contributed by atoms with Crippen LogP contribution in [-0.2, 0) is 52.4 Å². The molecule has 5 aliphatic carbocycles. The molecule has 0 unspecified atom stereocenters. The highest BCUT2D eigenvalue weighted by Gasteiger charge is 2.70. The minimum absolute atomic E-state index is 0.0475. The first kappa shape index (κ1) is 40.9. The number of hydrogen-bond donors (Lipinski definition) is 0. The van der Waals surface area contributed by atoms with Gasteiger partial charge in [-0.15, -0.1) is 0 Å². The van der Waals surface area contributed by atoms with Crippen LogP contribution in [0.2, 0.25) is 0 Å². The first-order valence-electron chi connectivity index (χ1n) is 20.2. The average Bonchev–Trinajstić information content (AvgIpc) is 3.07. The van der Waals surface area contributed by atoms with Crippen LogP contribution in [0.15, 0.2) is 11.6 Å². The maximum atomic E-state index is 14.9. The molecule has 1 heterocycles. The number of methoxy groups -OCH3 is 1. The lowest BCUT2D eigenvalue weighted by Gasteiger charge is -2.70. The van der Waals surface area contributed by atoms with Crippen molar-refractivity contribution in [1.82, 2.24) is 0 Å². The summed E-state index contributed by atoms with van der Waals surface area (Å²) in [5.41, 5.74) is -0.304. The van der Waals surface area contributed by atoms with Crippen LogP contribution in [-0.4, -0.2) is 74.1 Å². The molecule has 0 N–H and O–H groups in total. The van der Waals surface area contributed by atoms with Crippen LogP contribution in [0.5, 0.6) is 0 Å². The highest BCUT2D eigenvalue weighted by atomic mass is 16.7. The molecule has 0 aromatic rings. The smallest absolute Gasteiger partial charge is 0.311 e. The first-order valence-corrected chi connectivity index (χ1v) is 20.2. The van der Waals surface area contributed by atoms with E-state index in [9.17, 15) is 24.0 Å². The first-order chi connectivity index (χ1) is 25.0. The van der Waals surface area contributed by atoms with Gasteiger partial charge in [0.25, 0.3) is 0 Å². The molecule has 0 radical (unpaired) electrons. The summed E-state index contributed by atoms with van der Waals surface area (Å²) in [6.45, 7) is 19.7. The largest absolute Gasteiger partial charge is 0.469 e. The van der Waals surface area contributed by atoms with Gasteiger partial charge in [-0.05, 0) is 110 Å². The van der Waals surface area contributed by atoms with E-state index in [-0.39, 0.29) is 75.7 Å². The number of esters is 4. The summed E-state index contributed by atoms with van der Waals surface area (Å²) < 4.78 is 34.9. The molecule has 0 aromatic carbocycles. The number of carbonyl (C=O) groups is 5. The van der Waals surface area contributed by atoms with Gasteiger partial charge in [-0.3, -0.25) is 24.0 Å². The van der Waals surface area contributed by atoms with Crippen molar-refractivity contribution < 1.29 is 52.4 Å². The molecule has 54 heavy (non-hydrogen) atoms. The van der Waals surface area contributed by atoms with Crippen molar-refractivity contribution in [2.75, 3.05) is 13.7 Å². The molecule has 1 saturated heterocycles. The number of ketones is 1. The van der Waals surface area contributed by atoms with Crippen LogP contribution in [0.25, 0.3) is 0 Å². The third-order valence-electron chi connectivity index (χ3n) is 16.1. The van der Waals surface area contributed by atoms with Gasteiger partial charge >= 0.3 is 23.9 Å². The van der Waals surface area contributed by atoms with Crippen LogP contribution >= 0.6 is 0 Å². The second-order valence-corrected chi connectivity index (χ2v) is 19.6. The Morgan fingerprint density at radius 1 is 0.833 bits per heavy atom. The fourth-order valence-electron chi connectivity index (χ4n) is 13.0. The Morgan fingerprint density at radius 2 is 1.50 bits per heavy atom. The van der Waals surface area contributed by atoms with Crippen LogP contribution in [0, 0.1) is 50.2 Å². The highest BCUT2D eigenvalue weighted by Crippen LogP contribution is 2.75. The molecule has 13 atom stereocenters. The molecule has 11 nitrogen and oxygen atoms in total. The SMILES string of the molecule is COC(=O)[C@@]1(C)CC[C@]2(C)CC[C@]3(C)C(=CC(=O)[C@@H]4[C@@]5(C)CC[C@H](O[C@H]6C[C@H](OC(C)=O)[C@@H](OC(C)=O)[C@H](COC(C)=O)O6)C(C)(C)[C@@H]5CC[C@]43C)[C@@H]2C1. The molecule has 302 valence electrons. The van der Waals surface area contributed by atoms with Crippen molar-refractivity contribution in [2.24, 2.45) is 50.2 Å². The normalized spacial score (nSPS) is 45.2. The van der Waals surface area contributed by atoms with Crippen LogP contribution in [0.1, 0.15) is 133 Å². The Balaban J connectivity index is 1.27. The lowest BCUT2D eigenvalue weighted by molar-refractivity contribution is -0.299. The predicted molar refractivity (Wildman–Crippen MR) is 197 cm³/mol. The molecule has 5 fully saturated rings. The Kier molecular flexibility index (Phi) is 10.6. The predicted octanol–water partition coefficient (Wildman–Crippen LogP) is 7.07. The van der Waals surface area contributed by atoms with Crippen molar-refractivity contribution in [1.29, 1.82) is 0 Å². The fourth-order valence-corrected chi connectivity index (χ4v) is 13.0. The van der Waals surface area contributed by atoms with E-state index >= 15 is 0 Å². The number of ether oxygens (including phenoxy) is 6. The molecule has 0 aromatic heterocycles. The maximum Gasteiger partial charge on any atom is 0.311 e. The van der Waals surface area contributed by atoms with E-state index in [1.54, 1.807) is 0 Å². The van der Waals surface area contributed by atoms with Crippen molar-refractivity contribution in [3.8, 4) is 0 Å². The number of allylic oxidation sites excluding steroid dienone is 2. The number of rotatable bonds is 7. The van der Waals surface area contributed by atoms with Gasteiger partial charge in [0.2, 0.25) is 0 Å². The van der Waals surface area contributed by atoms with Gasteiger partial charge in [0.15, 0.2) is 18.2 Å². The Morgan fingerprint density at radius 3 is 2.13 bits per heavy atom. The molecule has 1 aliphatic heterocycles. The van der Waals surface area contributed by atoms with E-state index < -0.39 is 47.9 Å². The zero-order chi connectivity index (χ0) is 39.8. The molecule has 0 spiro atoms. The van der Waals surface area contributed by atoms with E-state index in [4.69, 9.17) is 28.4 Å². The van der Waals surface area contributed by atoms with Gasteiger partial charge in [-0.25, -0.2) is 0 Å². The van der Waals surface area contributed by atoms with Crippen LogP contribution < -0.4 is 0 Å². The summed E-state index contributed by atoms with van der Waals surface area (Å²) in [4.78, 5) is 63.9. The van der Waals surface area contributed by atoms with Crippen molar-refractivity contribution >= 4 is 29.7 Å². The molecule has 0 amide bonds. The molecule has 6 aliphatic rings. The molecular weight excluding hydrogens is 692 g/mol. The molecule has 4 saturated carbocycles. The van der Waals surface area contributed by atoms with Gasteiger partial charge in [-0.1, -0.05) is 47.1 Å². The van der Waals surface area contributed by atoms with Gasteiger partial charge in [0.1, 0.15) is 18.8 Å². The van der Waals surface area contributed by atoms with E-state index in [1.165, 1.54) is 33.5 Å². The highest BCUT2D eigenvalue weighted by molar-refractivity contribution is 5.95. The van der Waals surface area contributed by atoms with Crippen molar-refractivity contribution in [3.63, 3.8) is 0 Å². The molecule has 11 heteroatoms. The minimum atomic E-state index is -0.971. The van der Waals surface area contributed by atoms with E-state index in [1.807, 2.05) is 13.0 Å². The monoisotopic (exact) mass is 756 g/mol. The number of carbonyl (C=O) groups excluding carboxylic acids is 5. The topological polar surface area (TPSA) is 141 Å². The van der Waals surface area contributed by atoms with Gasteiger partial charge in [-0.2, -0.15) is 0 Å². The number of fused-ring (bicyclic) bond motifs is 7. The third kappa shape index (κ3) is 6.54. The minimum Gasteiger partial charge on any atom is -0.469 e. The van der Waals surface area contributed by atoms with Gasteiger partial charge < -0.3 is 28.4 Å². The Bertz CT molecular complexity index is 1580. The second kappa shape index (κ2) is 14.0. The fraction of sp³-hybridized carbons (Fsp3) is 0.837. The molecule has 0 bridgehead atoms. The lowest BCUT2D eigenvalue weighted by Crippen LogP contribution is -2.67. The summed E-state index contributed by atoms with van der Waals surface area (Å²) in [6, 6.07) is 0. The van der Waals surface area contributed by atoms with Crippen LogP contribution in [0.4, 0.5) is 0 Å². The third-order valence-corrected chi connectivity index (χ3v) is 16.1. The van der Waals surface area contributed by atoms with E-state index in [0.717, 1.165) is 44.9 Å². The summed E-state index contributed by atoms with van der Waals surface area (Å²) in [5, 5.41) is 0. The summed E-state index contributed by atoms with van der Waals surface area (Å²) in [7, 11) is 1.48. The lowest BCUT2D eigenvalue weighted by atomic mass is 9.33. The number of hydrogen-bond acceptors (Lipinski definition) is 11. The van der Waals surface area contributed by atoms with Gasteiger partial charge in [0, 0.05) is 33.1 Å². The Hall–Kier alpha value is -2.79. The van der Waals surface area contributed by atoms with E-state index in [2.05, 4.69) is 41.5 Å². The van der Waals surface area contributed by atoms with E-state index in [0.29, 0.717) is 12.8 Å². The van der Waals surface area contributed by atoms with Gasteiger partial charge in [0.05, 0.1) is 18.6 Å². The zero-order valence-corrected chi connectivity index (χ0v) is 34.5. The van der Waals surface area contributed by atoms with Crippen molar-refractivity contribution in [2.45, 2.75) is 164 Å². The summed E-state index contributed by atoms with van der Waals surface area (Å²) in [6.07, 6.45) is 6.32. The second-order valence-electron chi connectivity index (χ2n) is 19.6. The Labute approximate surface area is 321 Å². The zero-order valence-electron chi connectivity index (χ0n) is 34.5. The summed E-state index contributed by atoms with van der Waals surface area (Å²) in [5.74, 6) is -1.37. The van der Waals surface area contributed by atoms with Crippen molar-refractivity contribution in [3.05, 3.63) is 11.6 Å². The maximum absolute atomic E-state index is 14.9. The standard InChI is InChI=1S/C43H64O11/c1-24(44)50-23-31-35(52-26(3)46)30(51-25(2)45)21-34(53-31)54-33-13-14-41(8)32(38(33,4)5)12-15-43(10)36(41)29(47)20-27-28-22-40(7,37(48)49-11)17-16-39(28,6)18-19-42(27,43)9/h20,28,30-36H,12-19,21-23H2,1-11H3/t28-,30-,31-,32-,33-,34-,35+,36+,39+,40-,41-,42+,43+/m0/s1. The molecular formula is C43H64O11. The average molecular weight is 757 g/mol. The quantitative estimate of drug-likeness (QED) is 0.150. The molecule has 6 rings (SSSR count). The summed E-state index contributed by atoms with van der Waals surface area (Å²) >= 11 is 0.